The summed E-state index contributed by atoms with van der Waals surface area (Å²) in [6, 6.07) is 13.4. The van der Waals surface area contributed by atoms with Gasteiger partial charge >= 0.3 is 11.9 Å². The van der Waals surface area contributed by atoms with Crippen molar-refractivity contribution in [3.63, 3.8) is 0 Å². The van der Waals surface area contributed by atoms with Crippen LogP contribution in [0.3, 0.4) is 0 Å². The normalized spacial score (nSPS) is 10.0. The van der Waals surface area contributed by atoms with Crippen LogP contribution >= 0.6 is 15.9 Å². The number of hydrogen-bond donors (Lipinski definition) is 0. The Morgan fingerprint density at radius 3 is 2.43 bits per heavy atom. The van der Waals surface area contributed by atoms with E-state index < -0.39 is 11.9 Å². The summed E-state index contributed by atoms with van der Waals surface area (Å²) in [4.78, 5) is 23.9. The number of ether oxygens (including phenoxy) is 2. The first-order valence-electron chi connectivity index (χ1n) is 6.35. The average Bonchev–Trinajstić information content (AvgIpc) is 2.50. The summed E-state index contributed by atoms with van der Waals surface area (Å²) in [5, 5.41) is 0. The topological polar surface area (TPSA) is 52.6 Å². The smallest absolute Gasteiger partial charge is 0.343 e. The highest BCUT2D eigenvalue weighted by Gasteiger charge is 2.17. The van der Waals surface area contributed by atoms with Gasteiger partial charge in [0.05, 0.1) is 12.2 Å². The number of hydrogen-bond acceptors (Lipinski definition) is 4. The van der Waals surface area contributed by atoms with Crippen molar-refractivity contribution >= 4 is 27.9 Å². The molecule has 0 radical (unpaired) electrons. The van der Waals surface area contributed by atoms with Gasteiger partial charge in [-0.1, -0.05) is 34.1 Å². The molecule has 108 valence electrons. The van der Waals surface area contributed by atoms with Crippen molar-refractivity contribution in [3.8, 4) is 5.75 Å². The number of esters is 2. The van der Waals surface area contributed by atoms with Crippen molar-refractivity contribution in [1.29, 1.82) is 0 Å². The highest BCUT2D eigenvalue weighted by atomic mass is 79.9. The molecule has 0 N–H and O–H groups in total. The standard InChI is InChI=1S/C16H13BrO4/c1-2-20-16(19)13-10-12(17)8-9-14(13)21-15(18)11-6-4-3-5-7-11/h3-10H,2H2,1H3. The van der Waals surface area contributed by atoms with Crippen LogP contribution in [0.15, 0.2) is 53.0 Å². The van der Waals surface area contributed by atoms with Crippen LogP contribution in [0.1, 0.15) is 27.6 Å². The third kappa shape index (κ3) is 3.92. The van der Waals surface area contributed by atoms with Crippen LogP contribution in [-0.2, 0) is 4.74 Å². The molecule has 21 heavy (non-hydrogen) atoms. The van der Waals surface area contributed by atoms with Gasteiger partial charge in [-0.25, -0.2) is 9.59 Å². The van der Waals surface area contributed by atoms with Crippen molar-refractivity contribution in [1.82, 2.24) is 0 Å². The third-order valence-corrected chi connectivity index (χ3v) is 3.14. The van der Waals surface area contributed by atoms with Gasteiger partial charge in [-0.15, -0.1) is 0 Å². The second-order valence-corrected chi connectivity index (χ2v) is 5.03. The Morgan fingerprint density at radius 1 is 1.05 bits per heavy atom. The molecule has 0 heterocycles. The lowest BCUT2D eigenvalue weighted by Gasteiger charge is -2.10. The summed E-state index contributed by atoms with van der Waals surface area (Å²) in [5.41, 5.74) is 0.616. The van der Waals surface area contributed by atoms with Crippen molar-refractivity contribution in [2.75, 3.05) is 6.61 Å². The Hall–Kier alpha value is -2.14. The van der Waals surface area contributed by atoms with Gasteiger partial charge in [0.1, 0.15) is 11.3 Å². The molecule has 0 aliphatic heterocycles. The fourth-order valence-electron chi connectivity index (χ4n) is 1.69. The maximum Gasteiger partial charge on any atom is 0.343 e. The molecule has 2 rings (SSSR count). The van der Waals surface area contributed by atoms with Crippen molar-refractivity contribution in [2.24, 2.45) is 0 Å². The molecule has 0 saturated carbocycles. The Balaban J connectivity index is 2.27. The zero-order valence-electron chi connectivity index (χ0n) is 11.3. The van der Waals surface area contributed by atoms with Crippen molar-refractivity contribution < 1.29 is 19.1 Å². The predicted octanol–water partition coefficient (Wildman–Crippen LogP) is 3.85. The minimum atomic E-state index is -0.533. The second-order valence-electron chi connectivity index (χ2n) is 4.12. The Bertz CT molecular complexity index is 653. The van der Waals surface area contributed by atoms with Gasteiger partial charge in [-0.2, -0.15) is 0 Å². The summed E-state index contributed by atoms with van der Waals surface area (Å²) in [6.45, 7) is 1.96. The molecule has 0 aliphatic carbocycles. The van der Waals surface area contributed by atoms with Gasteiger partial charge in [0.2, 0.25) is 0 Å². The highest BCUT2D eigenvalue weighted by molar-refractivity contribution is 9.10. The van der Waals surface area contributed by atoms with E-state index in [1.54, 1.807) is 55.5 Å². The predicted molar refractivity (Wildman–Crippen MR) is 81.5 cm³/mol. The van der Waals surface area contributed by atoms with Gasteiger partial charge in [-0.05, 0) is 37.3 Å². The van der Waals surface area contributed by atoms with E-state index in [0.29, 0.717) is 10.0 Å². The Morgan fingerprint density at radius 2 is 1.76 bits per heavy atom. The molecule has 0 spiro atoms. The molecular weight excluding hydrogens is 336 g/mol. The average molecular weight is 349 g/mol. The Labute approximate surface area is 130 Å². The molecule has 0 unspecified atom stereocenters. The third-order valence-electron chi connectivity index (χ3n) is 2.65. The zero-order chi connectivity index (χ0) is 15.2. The summed E-state index contributed by atoms with van der Waals surface area (Å²) >= 11 is 3.28. The van der Waals surface area contributed by atoms with Crippen LogP contribution in [-0.4, -0.2) is 18.5 Å². The molecule has 5 heteroatoms. The maximum absolute atomic E-state index is 12.0. The fraction of sp³-hybridized carbons (Fsp3) is 0.125. The molecule has 0 amide bonds. The summed E-state index contributed by atoms with van der Waals surface area (Å²) in [7, 11) is 0. The first kappa shape index (κ1) is 15.3. The first-order valence-corrected chi connectivity index (χ1v) is 7.15. The van der Waals surface area contributed by atoms with Crippen molar-refractivity contribution in [3.05, 3.63) is 64.1 Å². The minimum absolute atomic E-state index is 0.172. The van der Waals surface area contributed by atoms with Crippen molar-refractivity contribution in [2.45, 2.75) is 6.92 Å². The van der Waals surface area contributed by atoms with E-state index in [1.807, 2.05) is 0 Å². The van der Waals surface area contributed by atoms with E-state index in [1.165, 1.54) is 0 Å². The number of rotatable bonds is 4. The van der Waals surface area contributed by atoms with E-state index in [4.69, 9.17) is 9.47 Å². The molecule has 4 nitrogen and oxygen atoms in total. The number of carbonyl (C=O) groups excluding carboxylic acids is 2. The quantitative estimate of drug-likeness (QED) is 0.622. The van der Waals surface area contributed by atoms with Gasteiger partial charge in [0.15, 0.2) is 0 Å². The molecule has 2 aromatic rings. The lowest BCUT2D eigenvalue weighted by Crippen LogP contribution is -2.13. The summed E-state index contributed by atoms with van der Waals surface area (Å²) in [5.74, 6) is -0.886. The van der Waals surface area contributed by atoms with Crippen LogP contribution in [0.5, 0.6) is 5.75 Å². The number of benzene rings is 2. The van der Waals surface area contributed by atoms with E-state index in [9.17, 15) is 9.59 Å². The van der Waals surface area contributed by atoms with E-state index in [-0.39, 0.29) is 17.9 Å². The largest absolute Gasteiger partial charge is 0.462 e. The van der Waals surface area contributed by atoms with Crippen LogP contribution in [0.4, 0.5) is 0 Å². The maximum atomic E-state index is 12.0. The van der Waals surface area contributed by atoms with E-state index >= 15 is 0 Å². The minimum Gasteiger partial charge on any atom is -0.462 e. The molecule has 0 aliphatic rings. The van der Waals surface area contributed by atoms with Gasteiger partial charge < -0.3 is 9.47 Å². The van der Waals surface area contributed by atoms with Gasteiger partial charge in [-0.3, -0.25) is 0 Å². The molecule has 0 bridgehead atoms. The molecule has 0 fully saturated rings. The molecular formula is C16H13BrO4. The van der Waals surface area contributed by atoms with Crippen LogP contribution in [0.2, 0.25) is 0 Å². The molecule has 0 saturated heterocycles. The monoisotopic (exact) mass is 348 g/mol. The van der Waals surface area contributed by atoms with E-state index in [2.05, 4.69) is 15.9 Å². The lowest BCUT2D eigenvalue weighted by molar-refractivity contribution is 0.0520. The molecule has 2 aromatic carbocycles. The Kier molecular flexibility index (Phi) is 5.11. The van der Waals surface area contributed by atoms with Crippen LogP contribution in [0.25, 0.3) is 0 Å². The number of halogens is 1. The van der Waals surface area contributed by atoms with Crippen LogP contribution < -0.4 is 4.74 Å². The van der Waals surface area contributed by atoms with Gasteiger partial charge in [0, 0.05) is 4.47 Å². The van der Waals surface area contributed by atoms with E-state index in [0.717, 1.165) is 0 Å². The second kappa shape index (κ2) is 7.04. The number of carbonyl (C=O) groups is 2. The summed E-state index contributed by atoms with van der Waals surface area (Å²) < 4.78 is 11.0. The van der Waals surface area contributed by atoms with Gasteiger partial charge in [0.25, 0.3) is 0 Å². The first-order chi connectivity index (χ1) is 10.1. The molecule has 0 atom stereocenters. The highest BCUT2D eigenvalue weighted by Crippen LogP contribution is 2.25. The van der Waals surface area contributed by atoms with Crippen LogP contribution in [0, 0.1) is 0 Å². The molecule has 0 aromatic heterocycles. The summed E-state index contributed by atoms with van der Waals surface area (Å²) in [6.07, 6.45) is 0. The SMILES string of the molecule is CCOC(=O)c1cc(Br)ccc1OC(=O)c1ccccc1. The zero-order valence-corrected chi connectivity index (χ0v) is 12.9. The fourth-order valence-corrected chi connectivity index (χ4v) is 2.05. The lowest BCUT2D eigenvalue weighted by atomic mass is 10.2.